The van der Waals surface area contributed by atoms with E-state index >= 15 is 0 Å². The van der Waals surface area contributed by atoms with Crippen LogP contribution in [-0.4, -0.2) is 35.6 Å². The Labute approximate surface area is 137 Å². The van der Waals surface area contributed by atoms with E-state index in [9.17, 15) is 0 Å². The minimum absolute atomic E-state index is 0.580. The number of nitrogens with zero attached hydrogens (tertiary/aromatic N) is 4. The molecule has 2 aromatic rings. The van der Waals surface area contributed by atoms with Crippen LogP contribution in [0.15, 0.2) is 15.9 Å². The number of rotatable bonds is 7. The molecule has 0 unspecified atom stereocenters. The van der Waals surface area contributed by atoms with E-state index in [0.29, 0.717) is 24.4 Å². The van der Waals surface area contributed by atoms with Gasteiger partial charge in [0.2, 0.25) is 17.8 Å². The maximum Gasteiger partial charge on any atom is 0.231 e. The summed E-state index contributed by atoms with van der Waals surface area (Å²) < 4.78 is 1.10. The molecule has 6 nitrogen and oxygen atoms in total. The molecule has 2 heterocycles. The zero-order valence-corrected chi connectivity index (χ0v) is 14.8. The van der Waals surface area contributed by atoms with Crippen molar-refractivity contribution in [2.24, 2.45) is 0 Å². The van der Waals surface area contributed by atoms with Crippen LogP contribution in [0.3, 0.4) is 0 Å². The van der Waals surface area contributed by atoms with Crippen LogP contribution in [0.5, 0.6) is 0 Å². The third kappa shape index (κ3) is 4.82. The minimum Gasteiger partial charge on any atom is -0.354 e. The Morgan fingerprint density at radius 1 is 1.19 bits per heavy atom. The molecule has 0 saturated carbocycles. The van der Waals surface area contributed by atoms with Crippen molar-refractivity contribution in [2.75, 3.05) is 36.2 Å². The number of hydrogen-bond donors (Lipinski definition) is 2. The molecule has 8 heteroatoms. The number of hydrogen-bond acceptors (Lipinski definition) is 7. The van der Waals surface area contributed by atoms with Gasteiger partial charge in [0, 0.05) is 35.4 Å². The zero-order valence-electron chi connectivity index (χ0n) is 12.4. The normalized spacial score (nSPS) is 10.5. The van der Waals surface area contributed by atoms with E-state index in [1.165, 1.54) is 4.88 Å². The van der Waals surface area contributed by atoms with Crippen LogP contribution in [0.4, 0.5) is 17.8 Å². The number of halogens is 1. The molecule has 2 rings (SSSR count). The van der Waals surface area contributed by atoms with Crippen LogP contribution in [0.2, 0.25) is 0 Å². The molecule has 0 radical (unpaired) electrons. The highest BCUT2D eigenvalue weighted by molar-refractivity contribution is 9.10. The summed E-state index contributed by atoms with van der Waals surface area (Å²) in [5, 5.41) is 8.50. The van der Waals surface area contributed by atoms with Crippen LogP contribution >= 0.6 is 27.3 Å². The summed E-state index contributed by atoms with van der Waals surface area (Å²) in [5.41, 5.74) is 0. The van der Waals surface area contributed by atoms with Gasteiger partial charge in [0.25, 0.3) is 0 Å². The highest BCUT2D eigenvalue weighted by Gasteiger charge is 2.08. The van der Waals surface area contributed by atoms with Gasteiger partial charge in [0.15, 0.2) is 0 Å². The lowest BCUT2D eigenvalue weighted by molar-refractivity contribution is 0.911. The van der Waals surface area contributed by atoms with Crippen molar-refractivity contribution >= 4 is 45.1 Å². The first-order chi connectivity index (χ1) is 10.1. The van der Waals surface area contributed by atoms with Crippen molar-refractivity contribution in [1.29, 1.82) is 0 Å². The number of nitrogens with one attached hydrogen (secondary N) is 2. The summed E-state index contributed by atoms with van der Waals surface area (Å²) in [4.78, 5) is 16.3. The highest BCUT2D eigenvalue weighted by Crippen LogP contribution is 2.20. The van der Waals surface area contributed by atoms with E-state index in [4.69, 9.17) is 0 Å². The van der Waals surface area contributed by atoms with Crippen molar-refractivity contribution in [3.63, 3.8) is 0 Å². The minimum atomic E-state index is 0.580. The Hall–Kier alpha value is -1.41. The van der Waals surface area contributed by atoms with Gasteiger partial charge in [-0.25, -0.2) is 0 Å². The molecule has 114 valence electrons. The van der Waals surface area contributed by atoms with Crippen molar-refractivity contribution in [1.82, 2.24) is 15.0 Å². The van der Waals surface area contributed by atoms with Crippen molar-refractivity contribution in [3.8, 4) is 0 Å². The molecule has 2 N–H and O–H groups in total. The number of aromatic nitrogens is 3. The molecule has 0 amide bonds. The predicted octanol–water partition coefficient (Wildman–Crippen LogP) is 3.20. The van der Waals surface area contributed by atoms with Crippen LogP contribution in [0, 0.1) is 0 Å². The van der Waals surface area contributed by atoms with Crippen molar-refractivity contribution < 1.29 is 0 Å². The summed E-state index contributed by atoms with van der Waals surface area (Å²) in [6.07, 6.45) is 1.02. The summed E-state index contributed by atoms with van der Waals surface area (Å²) in [5.74, 6) is 1.82. The predicted molar refractivity (Wildman–Crippen MR) is 92.3 cm³/mol. The van der Waals surface area contributed by atoms with Gasteiger partial charge in [0.05, 0.1) is 6.54 Å². The lowest BCUT2D eigenvalue weighted by Crippen LogP contribution is -2.17. The van der Waals surface area contributed by atoms with E-state index in [1.54, 1.807) is 11.3 Å². The maximum absolute atomic E-state index is 4.41. The summed E-state index contributed by atoms with van der Waals surface area (Å²) >= 11 is 5.14. The molecule has 0 fully saturated rings. The van der Waals surface area contributed by atoms with Gasteiger partial charge in [-0.1, -0.05) is 6.92 Å². The molecule has 0 aliphatic heterocycles. The monoisotopic (exact) mass is 370 g/mol. The molecule has 0 bridgehead atoms. The van der Waals surface area contributed by atoms with E-state index < -0.39 is 0 Å². The molecule has 0 aliphatic rings. The number of anilines is 3. The first-order valence-electron chi connectivity index (χ1n) is 6.72. The molecule has 0 spiro atoms. The maximum atomic E-state index is 4.41. The fourth-order valence-corrected chi connectivity index (χ4v) is 2.96. The largest absolute Gasteiger partial charge is 0.354 e. The third-order valence-corrected chi connectivity index (χ3v) is 4.30. The Bertz CT molecular complexity index is 586. The highest BCUT2D eigenvalue weighted by atomic mass is 79.9. The van der Waals surface area contributed by atoms with Crippen LogP contribution < -0.4 is 15.5 Å². The van der Waals surface area contributed by atoms with Gasteiger partial charge in [0.1, 0.15) is 0 Å². The molecular weight excluding hydrogens is 352 g/mol. The molecule has 21 heavy (non-hydrogen) atoms. The average Bonchev–Trinajstić information content (AvgIpc) is 2.88. The molecule has 0 saturated heterocycles. The fraction of sp³-hybridized carbons (Fsp3) is 0.462. The van der Waals surface area contributed by atoms with Gasteiger partial charge in [-0.15, -0.1) is 11.3 Å². The van der Waals surface area contributed by atoms with Gasteiger partial charge < -0.3 is 15.5 Å². The first-order valence-corrected chi connectivity index (χ1v) is 8.39. The molecule has 0 atom stereocenters. The average molecular weight is 371 g/mol. The van der Waals surface area contributed by atoms with E-state index in [2.05, 4.69) is 59.9 Å². The van der Waals surface area contributed by atoms with E-state index in [-0.39, 0.29) is 0 Å². The van der Waals surface area contributed by atoms with Crippen molar-refractivity contribution in [2.45, 2.75) is 19.9 Å². The number of thiophene rings is 1. The summed E-state index contributed by atoms with van der Waals surface area (Å²) in [7, 11) is 3.83. The first kappa shape index (κ1) is 16.0. The lowest BCUT2D eigenvalue weighted by atomic mass is 10.5. The quantitative estimate of drug-likeness (QED) is 0.779. The van der Waals surface area contributed by atoms with Crippen LogP contribution in [0.1, 0.15) is 18.2 Å². The second-order valence-electron chi connectivity index (χ2n) is 4.69. The second kappa shape index (κ2) is 7.56. The Morgan fingerprint density at radius 2 is 1.90 bits per heavy atom. The smallest absolute Gasteiger partial charge is 0.231 e. The van der Waals surface area contributed by atoms with Gasteiger partial charge >= 0.3 is 0 Å². The van der Waals surface area contributed by atoms with E-state index in [0.717, 1.165) is 17.4 Å². The van der Waals surface area contributed by atoms with E-state index in [1.807, 2.05) is 19.0 Å². The lowest BCUT2D eigenvalue weighted by Gasteiger charge is -2.13. The molecular formula is C13H19BrN6S. The molecule has 0 aromatic carbocycles. The van der Waals surface area contributed by atoms with Crippen LogP contribution in [-0.2, 0) is 6.54 Å². The third-order valence-electron chi connectivity index (χ3n) is 2.60. The fourth-order valence-electron chi connectivity index (χ4n) is 1.57. The van der Waals surface area contributed by atoms with Gasteiger partial charge in [-0.3, -0.25) is 0 Å². The zero-order chi connectivity index (χ0) is 15.2. The SMILES string of the molecule is CCCNc1nc(NCc2cc(Br)cs2)nc(N(C)C)n1. The van der Waals surface area contributed by atoms with Gasteiger partial charge in [-0.2, -0.15) is 15.0 Å². The van der Waals surface area contributed by atoms with Crippen molar-refractivity contribution in [3.05, 3.63) is 20.8 Å². The standard InChI is InChI=1S/C13H19BrN6S/c1-4-5-15-11-17-12(19-13(18-11)20(2)3)16-7-10-6-9(14)8-21-10/h6,8H,4-5,7H2,1-3H3,(H2,15,16,17,18,19). The molecule has 0 aliphatic carbocycles. The summed E-state index contributed by atoms with van der Waals surface area (Å²) in [6, 6.07) is 2.09. The Morgan fingerprint density at radius 3 is 2.48 bits per heavy atom. The topological polar surface area (TPSA) is 66.0 Å². The molecule has 2 aromatic heterocycles. The second-order valence-corrected chi connectivity index (χ2v) is 6.60. The Kier molecular flexibility index (Phi) is 5.75. The summed E-state index contributed by atoms with van der Waals surface area (Å²) in [6.45, 7) is 3.64. The van der Waals surface area contributed by atoms with Crippen LogP contribution in [0.25, 0.3) is 0 Å². The van der Waals surface area contributed by atoms with Gasteiger partial charge in [-0.05, 0) is 28.4 Å². The Balaban J connectivity index is 2.11.